The van der Waals surface area contributed by atoms with E-state index in [1.165, 1.54) is 19.6 Å². The van der Waals surface area contributed by atoms with Crippen LogP contribution in [0, 0.1) is 0 Å². The van der Waals surface area contributed by atoms with Crippen molar-refractivity contribution >= 4 is 40.0 Å². The molecule has 0 aliphatic heterocycles. The Morgan fingerprint density at radius 2 is 1.65 bits per heavy atom. The van der Waals surface area contributed by atoms with Crippen molar-refractivity contribution in [2.24, 2.45) is 0 Å². The van der Waals surface area contributed by atoms with Crippen molar-refractivity contribution in [1.29, 1.82) is 0 Å². The zero-order chi connectivity index (χ0) is 12.3. The van der Waals surface area contributed by atoms with Crippen molar-refractivity contribution in [3.63, 3.8) is 0 Å². The predicted octanol–water partition coefficient (Wildman–Crippen LogP) is 2.57. The normalized spacial score (nSPS) is 11.9. The van der Waals surface area contributed by atoms with Gasteiger partial charge in [0, 0.05) is 0 Å². The van der Waals surface area contributed by atoms with Gasteiger partial charge in [-0.2, -0.15) is 0 Å². The molecule has 0 heterocycles. The Hall–Kier alpha value is -0.360. The van der Waals surface area contributed by atoms with Gasteiger partial charge in [0.05, 0.1) is 0 Å². The number of benzene rings is 2. The first-order valence-corrected chi connectivity index (χ1v) is 10.8. The summed E-state index contributed by atoms with van der Waals surface area (Å²) in [5, 5.41) is -0.502. The van der Waals surface area contributed by atoms with Crippen LogP contribution in [-0.4, -0.2) is 34.6 Å². The van der Waals surface area contributed by atoms with Crippen molar-refractivity contribution in [2.45, 2.75) is 0 Å². The second-order valence-corrected chi connectivity index (χ2v) is 12.0. The third kappa shape index (κ3) is 3.10. The number of hydrogen-bond donors (Lipinski definition) is 0. The number of rotatable bonds is 4. The average Bonchev–Trinajstić information content (AvgIpc) is 2.38. The third-order valence-corrected chi connectivity index (χ3v) is 10.7. The van der Waals surface area contributed by atoms with Gasteiger partial charge in [-0.15, -0.1) is 0 Å². The Kier molecular flexibility index (Phi) is 4.25. The van der Waals surface area contributed by atoms with Crippen LogP contribution in [-0.2, 0) is 13.6 Å². The molecule has 2 aromatic carbocycles. The molecule has 3 nitrogen and oxygen atoms in total. The van der Waals surface area contributed by atoms with Crippen LogP contribution in [0.3, 0.4) is 0 Å². The van der Waals surface area contributed by atoms with Crippen LogP contribution in [0.2, 0.25) is 0 Å². The van der Waals surface area contributed by atoms with Gasteiger partial charge in [-0.1, -0.05) is 0 Å². The standard InChI is InChI=1S/C12H13O3PTe/c1-14-16(13,15-2)17-12-8-7-10-5-3-4-6-11(10)9-12/h3-9H,1-2H3. The molecule has 0 aromatic heterocycles. The van der Waals surface area contributed by atoms with Crippen LogP contribution in [0.1, 0.15) is 0 Å². The van der Waals surface area contributed by atoms with Crippen LogP contribution in [0.25, 0.3) is 10.8 Å². The average molecular weight is 364 g/mol. The second-order valence-electron chi connectivity index (χ2n) is 3.41. The molecule has 0 radical (unpaired) electrons. The van der Waals surface area contributed by atoms with Gasteiger partial charge < -0.3 is 0 Å². The minimum absolute atomic E-state index is 0.984. The van der Waals surface area contributed by atoms with E-state index in [0.29, 0.717) is 0 Å². The summed E-state index contributed by atoms with van der Waals surface area (Å²) in [4.78, 5) is 0. The summed E-state index contributed by atoms with van der Waals surface area (Å²) in [5.74, 6) is 0. The van der Waals surface area contributed by atoms with Crippen LogP contribution in [0.4, 0.5) is 0 Å². The van der Waals surface area contributed by atoms with E-state index in [2.05, 4.69) is 18.2 Å². The third-order valence-electron chi connectivity index (χ3n) is 2.39. The molecule has 0 fully saturated rings. The van der Waals surface area contributed by atoms with Gasteiger partial charge in [-0.05, 0) is 0 Å². The molecule has 0 aliphatic rings. The van der Waals surface area contributed by atoms with E-state index in [-0.39, 0.29) is 0 Å². The molecule has 0 unspecified atom stereocenters. The van der Waals surface area contributed by atoms with Gasteiger partial charge in [0.1, 0.15) is 0 Å². The van der Waals surface area contributed by atoms with Crippen molar-refractivity contribution in [2.75, 3.05) is 14.2 Å². The molecule has 2 rings (SSSR count). The van der Waals surface area contributed by atoms with E-state index in [1.807, 2.05) is 24.3 Å². The fourth-order valence-electron chi connectivity index (χ4n) is 1.50. The van der Waals surface area contributed by atoms with Gasteiger partial charge in [0.25, 0.3) is 0 Å². The predicted molar refractivity (Wildman–Crippen MR) is 71.0 cm³/mol. The molecule has 0 N–H and O–H groups in total. The molecule has 0 amide bonds. The van der Waals surface area contributed by atoms with Gasteiger partial charge in [-0.3, -0.25) is 0 Å². The quantitative estimate of drug-likeness (QED) is 0.618. The zero-order valence-corrected chi connectivity index (χ0v) is 12.8. The molecule has 0 aliphatic carbocycles. The maximum absolute atomic E-state index is 12.1. The summed E-state index contributed by atoms with van der Waals surface area (Å²) in [7, 11) is 2.88. The van der Waals surface area contributed by atoms with E-state index in [0.717, 1.165) is 9.00 Å². The molecule has 5 heteroatoms. The van der Waals surface area contributed by atoms with E-state index in [4.69, 9.17) is 9.05 Å². The molecule has 90 valence electrons. The summed E-state index contributed by atoms with van der Waals surface area (Å²) in [6.07, 6.45) is 0. The number of hydrogen-bond acceptors (Lipinski definition) is 3. The molecule has 17 heavy (non-hydrogen) atoms. The molecule has 0 spiro atoms. The molecule has 2 aromatic rings. The van der Waals surface area contributed by atoms with Crippen LogP contribution in [0.5, 0.6) is 0 Å². The summed E-state index contributed by atoms with van der Waals surface area (Å²) >= 11 is -0.984. The Bertz CT molecular complexity index is 562. The van der Waals surface area contributed by atoms with Crippen molar-refractivity contribution < 1.29 is 13.6 Å². The van der Waals surface area contributed by atoms with E-state index < -0.39 is 25.7 Å². The van der Waals surface area contributed by atoms with Crippen LogP contribution < -0.4 is 3.61 Å². The maximum atomic E-state index is 12.1. The first-order chi connectivity index (χ1) is 8.17. The van der Waals surface area contributed by atoms with Crippen LogP contribution in [0.15, 0.2) is 42.5 Å². The molecule has 0 saturated carbocycles. The van der Waals surface area contributed by atoms with Crippen molar-refractivity contribution in [3.8, 4) is 0 Å². The summed E-state index contributed by atoms with van der Waals surface area (Å²) in [5.41, 5.74) is 0. The topological polar surface area (TPSA) is 35.5 Å². The van der Waals surface area contributed by atoms with Gasteiger partial charge in [0.15, 0.2) is 0 Å². The van der Waals surface area contributed by atoms with E-state index in [1.54, 1.807) is 0 Å². The Labute approximate surface area is 110 Å². The Morgan fingerprint density at radius 3 is 2.29 bits per heavy atom. The fourth-order valence-corrected chi connectivity index (χ4v) is 7.19. The van der Waals surface area contributed by atoms with E-state index >= 15 is 0 Å². The molecular formula is C12H13O3PTe. The first-order valence-electron chi connectivity index (χ1n) is 5.07. The molecule has 0 bridgehead atoms. The summed E-state index contributed by atoms with van der Waals surface area (Å²) in [6.45, 7) is 0. The molecule has 0 saturated heterocycles. The number of fused-ring (bicyclic) bond motifs is 1. The van der Waals surface area contributed by atoms with Gasteiger partial charge in [-0.25, -0.2) is 0 Å². The van der Waals surface area contributed by atoms with Crippen molar-refractivity contribution in [1.82, 2.24) is 0 Å². The molecular weight excluding hydrogens is 351 g/mol. The van der Waals surface area contributed by atoms with Crippen LogP contribution >= 0.6 is 5.29 Å². The monoisotopic (exact) mass is 366 g/mol. The SMILES string of the molecule is COP(=O)(OC)[Te]c1ccc2ccccc2c1. The zero-order valence-electron chi connectivity index (χ0n) is 9.62. The van der Waals surface area contributed by atoms with Crippen molar-refractivity contribution in [3.05, 3.63) is 42.5 Å². The van der Waals surface area contributed by atoms with Gasteiger partial charge >= 0.3 is 110 Å². The molecule has 0 atom stereocenters. The fraction of sp³-hybridized carbons (Fsp3) is 0.167. The minimum atomic E-state index is -2.85. The Morgan fingerprint density at radius 1 is 1.00 bits per heavy atom. The first kappa shape index (κ1) is 13.1. The van der Waals surface area contributed by atoms with E-state index in [9.17, 15) is 4.57 Å². The van der Waals surface area contributed by atoms with Gasteiger partial charge in [0.2, 0.25) is 0 Å². The second kappa shape index (κ2) is 5.52. The summed E-state index contributed by atoms with van der Waals surface area (Å²) in [6, 6.07) is 14.2. The summed E-state index contributed by atoms with van der Waals surface area (Å²) < 4.78 is 23.1. The Balaban J connectivity index is 2.34.